The molecule has 2 aromatic rings. The molecule has 0 atom stereocenters. The van der Waals surface area contributed by atoms with E-state index < -0.39 is 0 Å². The van der Waals surface area contributed by atoms with E-state index in [-0.39, 0.29) is 17.7 Å². The fourth-order valence-electron chi connectivity index (χ4n) is 3.49. The topological polar surface area (TPSA) is 75.2 Å². The van der Waals surface area contributed by atoms with Crippen molar-refractivity contribution in [1.29, 1.82) is 0 Å². The fraction of sp³-hybridized carbons (Fsp3) is 0.455. The average Bonchev–Trinajstić information content (AvgIpc) is 3.22. The van der Waals surface area contributed by atoms with Crippen molar-refractivity contribution in [2.45, 2.75) is 45.4 Å². The number of carbonyl (C=O) groups excluding carboxylic acids is 2. The quantitative estimate of drug-likeness (QED) is 0.687. The number of hydrogen-bond donors (Lipinski definition) is 1. The van der Waals surface area contributed by atoms with Crippen LogP contribution in [0.4, 0.5) is 5.13 Å². The molecule has 0 radical (unpaired) electrons. The maximum Gasteiger partial charge on any atom is 0.246 e. The van der Waals surface area contributed by atoms with E-state index in [2.05, 4.69) is 29.4 Å². The number of nitrogens with one attached hydrogen (secondary N) is 1. The zero-order valence-corrected chi connectivity index (χ0v) is 17.8. The maximum atomic E-state index is 12.6. The van der Waals surface area contributed by atoms with Gasteiger partial charge in [0.25, 0.3) is 0 Å². The van der Waals surface area contributed by atoms with Gasteiger partial charge in [-0.2, -0.15) is 0 Å². The van der Waals surface area contributed by atoms with E-state index in [0.29, 0.717) is 37.0 Å². The summed E-state index contributed by atoms with van der Waals surface area (Å²) in [4.78, 5) is 26.8. The van der Waals surface area contributed by atoms with Gasteiger partial charge in [-0.3, -0.25) is 9.59 Å². The minimum absolute atomic E-state index is 0.00773. The first kappa shape index (κ1) is 21.2. The summed E-state index contributed by atoms with van der Waals surface area (Å²) in [5, 5.41) is 12.8. The van der Waals surface area contributed by atoms with Crippen molar-refractivity contribution in [2.75, 3.05) is 18.4 Å². The monoisotopic (exact) mass is 412 g/mol. The van der Waals surface area contributed by atoms with Crippen LogP contribution < -0.4 is 5.32 Å². The van der Waals surface area contributed by atoms with Crippen LogP contribution in [0.25, 0.3) is 6.08 Å². The van der Waals surface area contributed by atoms with Crippen molar-refractivity contribution in [3.8, 4) is 0 Å². The smallest absolute Gasteiger partial charge is 0.246 e. The first-order chi connectivity index (χ1) is 14.1. The highest BCUT2D eigenvalue weighted by Crippen LogP contribution is 2.29. The molecule has 0 bridgehead atoms. The number of rotatable bonds is 7. The Hall–Kier alpha value is -2.54. The number of amides is 2. The van der Waals surface area contributed by atoms with Crippen molar-refractivity contribution in [2.24, 2.45) is 5.92 Å². The maximum absolute atomic E-state index is 12.6. The molecule has 0 spiro atoms. The molecule has 1 aliphatic rings. The Labute approximate surface area is 176 Å². The molecule has 3 rings (SSSR count). The molecule has 1 aliphatic heterocycles. The van der Waals surface area contributed by atoms with Gasteiger partial charge in [-0.05, 0) is 37.3 Å². The summed E-state index contributed by atoms with van der Waals surface area (Å²) in [5.41, 5.74) is 1.000. The summed E-state index contributed by atoms with van der Waals surface area (Å²) in [7, 11) is 0. The number of benzene rings is 1. The van der Waals surface area contributed by atoms with Gasteiger partial charge >= 0.3 is 0 Å². The van der Waals surface area contributed by atoms with Crippen LogP contribution in [0.15, 0.2) is 36.4 Å². The standard InChI is InChI=1S/C22H28N4O2S/c1-3-17(4-2)21-24-25-22(29-21)23-20(28)18-12-14-26(15-13-18)19(27)11-10-16-8-6-5-7-9-16/h5-11,17-18H,3-4,12-15H2,1-2H3,(H,23,25,28)/b11-10+. The summed E-state index contributed by atoms with van der Waals surface area (Å²) in [5.74, 6) is 0.268. The molecule has 29 heavy (non-hydrogen) atoms. The third-order valence-electron chi connectivity index (χ3n) is 5.40. The van der Waals surface area contributed by atoms with E-state index in [0.717, 1.165) is 23.4 Å². The Kier molecular flexibility index (Phi) is 7.52. The van der Waals surface area contributed by atoms with Gasteiger partial charge in [0.2, 0.25) is 16.9 Å². The normalized spacial score (nSPS) is 15.2. The lowest BCUT2D eigenvalue weighted by Gasteiger charge is -2.30. The number of carbonyl (C=O) groups is 2. The Morgan fingerprint density at radius 2 is 1.86 bits per heavy atom. The van der Waals surface area contributed by atoms with Crippen LogP contribution in [0.3, 0.4) is 0 Å². The van der Waals surface area contributed by atoms with E-state index in [1.165, 1.54) is 11.3 Å². The molecule has 0 unspecified atom stereocenters. The van der Waals surface area contributed by atoms with Gasteiger partial charge in [-0.25, -0.2) is 0 Å². The van der Waals surface area contributed by atoms with E-state index in [1.54, 1.807) is 11.0 Å². The van der Waals surface area contributed by atoms with Gasteiger partial charge in [-0.15, -0.1) is 10.2 Å². The van der Waals surface area contributed by atoms with E-state index in [9.17, 15) is 9.59 Å². The Balaban J connectivity index is 1.48. The molecule has 1 aromatic heterocycles. The van der Waals surface area contributed by atoms with Gasteiger partial charge in [0.05, 0.1) is 0 Å². The third kappa shape index (κ3) is 5.73. The zero-order valence-electron chi connectivity index (χ0n) is 17.0. The minimum Gasteiger partial charge on any atom is -0.339 e. The molecule has 1 aromatic carbocycles. The number of nitrogens with zero attached hydrogens (tertiary/aromatic N) is 3. The number of likely N-dealkylation sites (tertiary alicyclic amines) is 1. The second-order valence-electron chi connectivity index (χ2n) is 7.29. The Bertz CT molecular complexity index is 838. The van der Waals surface area contributed by atoms with Gasteiger partial charge in [0.15, 0.2) is 0 Å². The molecule has 1 N–H and O–H groups in total. The number of aromatic nitrogens is 2. The van der Waals surface area contributed by atoms with Crippen molar-refractivity contribution in [1.82, 2.24) is 15.1 Å². The van der Waals surface area contributed by atoms with E-state index >= 15 is 0 Å². The highest BCUT2D eigenvalue weighted by Gasteiger charge is 2.27. The lowest BCUT2D eigenvalue weighted by atomic mass is 9.96. The summed E-state index contributed by atoms with van der Waals surface area (Å²) in [6, 6.07) is 9.76. The SMILES string of the molecule is CCC(CC)c1nnc(NC(=O)C2CCN(C(=O)/C=C/c3ccccc3)CC2)s1. The number of anilines is 1. The van der Waals surface area contributed by atoms with Gasteiger partial charge in [0.1, 0.15) is 5.01 Å². The fourth-order valence-corrected chi connectivity index (χ4v) is 4.51. The molecule has 0 saturated carbocycles. The predicted molar refractivity (Wildman–Crippen MR) is 117 cm³/mol. The van der Waals surface area contributed by atoms with Crippen molar-refractivity contribution < 1.29 is 9.59 Å². The van der Waals surface area contributed by atoms with Crippen LogP contribution in [-0.4, -0.2) is 40.0 Å². The van der Waals surface area contributed by atoms with Gasteiger partial charge < -0.3 is 10.2 Å². The summed E-state index contributed by atoms with van der Waals surface area (Å²) < 4.78 is 0. The average molecular weight is 413 g/mol. The summed E-state index contributed by atoms with van der Waals surface area (Å²) in [6.45, 7) is 5.45. The van der Waals surface area contributed by atoms with Crippen LogP contribution in [0.2, 0.25) is 0 Å². The Morgan fingerprint density at radius 3 is 2.52 bits per heavy atom. The van der Waals surface area contributed by atoms with Crippen molar-refractivity contribution in [3.63, 3.8) is 0 Å². The second-order valence-corrected chi connectivity index (χ2v) is 8.30. The van der Waals surface area contributed by atoms with Crippen LogP contribution in [0.1, 0.15) is 56.0 Å². The summed E-state index contributed by atoms with van der Waals surface area (Å²) >= 11 is 1.46. The molecular weight excluding hydrogens is 384 g/mol. The zero-order chi connectivity index (χ0) is 20.6. The van der Waals surface area contributed by atoms with E-state index in [1.807, 2.05) is 36.4 Å². The van der Waals surface area contributed by atoms with Gasteiger partial charge in [-0.1, -0.05) is 55.5 Å². The van der Waals surface area contributed by atoms with Crippen LogP contribution in [0, 0.1) is 5.92 Å². The first-order valence-corrected chi connectivity index (χ1v) is 11.1. The molecule has 154 valence electrons. The second kappa shape index (κ2) is 10.3. The molecule has 1 saturated heterocycles. The first-order valence-electron chi connectivity index (χ1n) is 10.3. The Morgan fingerprint density at radius 1 is 1.17 bits per heavy atom. The van der Waals surface area contributed by atoms with Crippen molar-refractivity contribution >= 4 is 34.4 Å². The van der Waals surface area contributed by atoms with Crippen LogP contribution >= 0.6 is 11.3 Å². The predicted octanol–water partition coefficient (Wildman–Crippen LogP) is 4.33. The van der Waals surface area contributed by atoms with Crippen LogP contribution in [0.5, 0.6) is 0 Å². The largest absolute Gasteiger partial charge is 0.339 e. The van der Waals surface area contributed by atoms with Crippen LogP contribution in [-0.2, 0) is 9.59 Å². The lowest BCUT2D eigenvalue weighted by Crippen LogP contribution is -2.40. The van der Waals surface area contributed by atoms with E-state index in [4.69, 9.17) is 0 Å². The molecule has 6 nitrogen and oxygen atoms in total. The van der Waals surface area contributed by atoms with Gasteiger partial charge in [0, 0.05) is 31.0 Å². The lowest BCUT2D eigenvalue weighted by molar-refractivity contribution is -0.130. The molecule has 1 fully saturated rings. The molecule has 7 heteroatoms. The summed E-state index contributed by atoms with van der Waals surface area (Å²) in [6.07, 6.45) is 6.79. The molecular formula is C22H28N4O2S. The molecule has 2 amide bonds. The third-order valence-corrected chi connectivity index (χ3v) is 6.40. The highest BCUT2D eigenvalue weighted by molar-refractivity contribution is 7.15. The number of piperidine rings is 1. The highest BCUT2D eigenvalue weighted by atomic mass is 32.1. The number of hydrogen-bond acceptors (Lipinski definition) is 5. The molecule has 2 heterocycles. The van der Waals surface area contributed by atoms with Crippen molar-refractivity contribution in [3.05, 3.63) is 47.0 Å². The minimum atomic E-state index is -0.0994. The molecule has 0 aliphatic carbocycles.